The Balaban J connectivity index is 1.85. The fraction of sp³-hybridized carbons (Fsp3) is 0.421. The largest absolute Gasteiger partial charge is 0.414 e. The first kappa shape index (κ1) is 15.8. The molecule has 1 atom stereocenters. The third kappa shape index (κ3) is 3.48. The van der Waals surface area contributed by atoms with Gasteiger partial charge in [-0.2, -0.15) is 0 Å². The number of carbonyl (C=O) groups excluding carboxylic acids is 1. The Morgan fingerprint density at radius 1 is 1.13 bits per heavy atom. The maximum Gasteiger partial charge on any atom is 0.414 e. The van der Waals surface area contributed by atoms with Gasteiger partial charge in [-0.25, -0.2) is 4.79 Å². The number of rotatable bonds is 2. The average molecular weight is 312 g/mol. The molecule has 23 heavy (non-hydrogen) atoms. The van der Waals surface area contributed by atoms with Gasteiger partial charge < -0.3 is 9.64 Å². The summed E-state index contributed by atoms with van der Waals surface area (Å²) in [4.78, 5) is 15.5. The number of piperidine rings is 1. The van der Waals surface area contributed by atoms with E-state index in [1.807, 2.05) is 18.2 Å². The van der Waals surface area contributed by atoms with Gasteiger partial charge in [0, 0.05) is 20.1 Å². The first-order valence-electron chi connectivity index (χ1n) is 8.18. The first-order chi connectivity index (χ1) is 11.0. The lowest BCUT2D eigenvalue weighted by Gasteiger charge is -2.33. The molecule has 0 aromatic heterocycles. The van der Waals surface area contributed by atoms with E-state index < -0.39 is 0 Å². The van der Waals surface area contributed by atoms with Crippen LogP contribution >= 0.6 is 0 Å². The molecule has 0 radical (unpaired) electrons. The van der Waals surface area contributed by atoms with Crippen molar-refractivity contribution in [3.05, 3.63) is 42.0 Å². The lowest BCUT2D eigenvalue weighted by atomic mass is 9.94. The molecule has 2 aromatic rings. The van der Waals surface area contributed by atoms with Crippen LogP contribution in [-0.2, 0) is 0 Å². The van der Waals surface area contributed by atoms with Crippen LogP contribution in [-0.4, -0.2) is 43.6 Å². The van der Waals surface area contributed by atoms with Crippen molar-refractivity contribution < 1.29 is 9.53 Å². The Morgan fingerprint density at radius 3 is 2.61 bits per heavy atom. The number of fused-ring (bicyclic) bond motifs is 1. The van der Waals surface area contributed by atoms with Crippen LogP contribution in [0.3, 0.4) is 0 Å². The number of ether oxygens (including phenoxy) is 1. The Kier molecular flexibility index (Phi) is 4.53. The highest BCUT2D eigenvalue weighted by Crippen LogP contribution is 2.32. The van der Waals surface area contributed by atoms with E-state index in [1.54, 1.807) is 14.1 Å². The lowest BCUT2D eigenvalue weighted by Crippen LogP contribution is -2.29. The van der Waals surface area contributed by atoms with Crippen molar-refractivity contribution in [3.8, 4) is 5.75 Å². The van der Waals surface area contributed by atoms with Crippen LogP contribution in [0.4, 0.5) is 4.79 Å². The maximum atomic E-state index is 11.6. The molecule has 1 fully saturated rings. The van der Waals surface area contributed by atoms with Gasteiger partial charge in [0.1, 0.15) is 5.75 Å². The summed E-state index contributed by atoms with van der Waals surface area (Å²) in [6.07, 6.45) is 3.46. The number of nitrogens with zero attached hydrogens (tertiary/aromatic N) is 2. The third-order valence-corrected chi connectivity index (χ3v) is 4.56. The monoisotopic (exact) mass is 312 g/mol. The van der Waals surface area contributed by atoms with Crippen molar-refractivity contribution in [1.82, 2.24) is 9.80 Å². The number of hydrogen-bond donors (Lipinski definition) is 0. The maximum absolute atomic E-state index is 11.6. The molecular formula is C19H24N2O2. The van der Waals surface area contributed by atoms with Gasteiger partial charge in [-0.3, -0.25) is 4.90 Å². The molecule has 1 amide bonds. The van der Waals surface area contributed by atoms with Crippen molar-refractivity contribution in [2.75, 3.05) is 27.7 Å². The van der Waals surface area contributed by atoms with Crippen LogP contribution in [0, 0.1) is 0 Å². The predicted molar refractivity (Wildman–Crippen MR) is 92.9 cm³/mol. The zero-order chi connectivity index (χ0) is 16.4. The van der Waals surface area contributed by atoms with E-state index in [-0.39, 0.29) is 6.09 Å². The third-order valence-electron chi connectivity index (χ3n) is 4.56. The van der Waals surface area contributed by atoms with Crippen molar-refractivity contribution in [2.45, 2.75) is 25.3 Å². The Morgan fingerprint density at radius 2 is 1.87 bits per heavy atom. The number of hydrogen-bond acceptors (Lipinski definition) is 3. The molecule has 2 aromatic carbocycles. The van der Waals surface area contributed by atoms with Crippen molar-refractivity contribution in [1.29, 1.82) is 0 Å². The molecule has 1 unspecified atom stereocenters. The number of benzene rings is 2. The molecule has 4 nitrogen and oxygen atoms in total. The quantitative estimate of drug-likeness (QED) is 0.838. The van der Waals surface area contributed by atoms with Gasteiger partial charge in [-0.1, -0.05) is 24.6 Å². The molecule has 0 spiro atoms. The van der Waals surface area contributed by atoms with Gasteiger partial charge in [0.15, 0.2) is 0 Å². The predicted octanol–water partition coefficient (Wildman–Crippen LogP) is 4.06. The molecule has 3 rings (SSSR count). The number of likely N-dealkylation sites (tertiary alicyclic amines) is 1. The summed E-state index contributed by atoms with van der Waals surface area (Å²) in [7, 11) is 5.56. The van der Waals surface area contributed by atoms with Gasteiger partial charge in [0.2, 0.25) is 0 Å². The summed E-state index contributed by atoms with van der Waals surface area (Å²) in [5.74, 6) is 0.582. The minimum absolute atomic E-state index is 0.357. The van der Waals surface area contributed by atoms with Crippen LogP contribution < -0.4 is 4.74 Å². The summed E-state index contributed by atoms with van der Waals surface area (Å²) in [6, 6.07) is 12.9. The highest BCUT2D eigenvalue weighted by molar-refractivity contribution is 5.85. The fourth-order valence-electron chi connectivity index (χ4n) is 3.20. The van der Waals surface area contributed by atoms with Gasteiger partial charge in [0.05, 0.1) is 0 Å². The van der Waals surface area contributed by atoms with Gasteiger partial charge in [0.25, 0.3) is 0 Å². The molecular weight excluding hydrogens is 288 g/mol. The van der Waals surface area contributed by atoms with Crippen molar-refractivity contribution in [3.63, 3.8) is 0 Å². The molecule has 1 saturated heterocycles. The first-order valence-corrected chi connectivity index (χ1v) is 8.18. The van der Waals surface area contributed by atoms with Crippen molar-refractivity contribution >= 4 is 16.9 Å². The highest BCUT2D eigenvalue weighted by atomic mass is 16.6. The summed E-state index contributed by atoms with van der Waals surface area (Å²) in [5, 5.41) is 2.28. The Bertz CT molecular complexity index is 712. The van der Waals surface area contributed by atoms with E-state index in [0.29, 0.717) is 11.8 Å². The Labute approximate surface area is 137 Å². The Hall–Kier alpha value is -2.07. The number of amides is 1. The van der Waals surface area contributed by atoms with E-state index in [9.17, 15) is 4.79 Å². The standard InChI is InChI=1S/C19H24N2O2/c1-20(2)19(22)23-17-10-9-14-12-16(8-7-15(14)13-17)18-6-4-5-11-21(18)3/h7-10,12-13,18H,4-6,11H2,1-3H3. The molecule has 0 bridgehead atoms. The minimum Gasteiger partial charge on any atom is -0.410 e. The average Bonchev–Trinajstić information content (AvgIpc) is 2.54. The molecule has 0 aliphatic carbocycles. The zero-order valence-corrected chi connectivity index (χ0v) is 14.1. The van der Waals surface area contributed by atoms with Crippen LogP contribution in [0.25, 0.3) is 10.8 Å². The van der Waals surface area contributed by atoms with Crippen LogP contribution in [0.5, 0.6) is 5.75 Å². The lowest BCUT2D eigenvalue weighted by molar-refractivity contribution is 0.172. The minimum atomic E-state index is -0.357. The second-order valence-electron chi connectivity index (χ2n) is 6.52. The number of carbonyl (C=O) groups is 1. The topological polar surface area (TPSA) is 32.8 Å². The smallest absolute Gasteiger partial charge is 0.410 e. The van der Waals surface area contributed by atoms with Gasteiger partial charge in [-0.05, 0) is 61.0 Å². The van der Waals surface area contributed by atoms with Crippen LogP contribution in [0.1, 0.15) is 30.9 Å². The molecule has 0 saturated carbocycles. The second-order valence-corrected chi connectivity index (χ2v) is 6.52. The summed E-state index contributed by atoms with van der Waals surface area (Å²) in [6.45, 7) is 1.17. The zero-order valence-electron chi connectivity index (χ0n) is 14.1. The second kappa shape index (κ2) is 6.59. The van der Waals surface area contributed by atoms with E-state index in [1.165, 1.54) is 41.7 Å². The van der Waals surface area contributed by atoms with E-state index in [4.69, 9.17) is 4.74 Å². The normalized spacial score (nSPS) is 18.8. The summed E-state index contributed by atoms with van der Waals surface area (Å²) in [5.41, 5.74) is 1.37. The molecule has 4 heteroatoms. The van der Waals surface area contributed by atoms with Gasteiger partial charge in [-0.15, -0.1) is 0 Å². The molecule has 122 valence electrons. The molecule has 1 aliphatic heterocycles. The van der Waals surface area contributed by atoms with E-state index >= 15 is 0 Å². The molecule has 0 N–H and O–H groups in total. The molecule has 1 heterocycles. The molecule has 1 aliphatic rings. The van der Waals surface area contributed by atoms with E-state index in [2.05, 4.69) is 30.1 Å². The van der Waals surface area contributed by atoms with Crippen LogP contribution in [0.15, 0.2) is 36.4 Å². The van der Waals surface area contributed by atoms with Crippen LogP contribution in [0.2, 0.25) is 0 Å². The summed E-state index contributed by atoms with van der Waals surface area (Å²) < 4.78 is 5.33. The van der Waals surface area contributed by atoms with Crippen molar-refractivity contribution in [2.24, 2.45) is 0 Å². The SMILES string of the molecule is CN(C)C(=O)Oc1ccc2cc(C3CCCCN3C)ccc2c1. The van der Waals surface area contributed by atoms with E-state index in [0.717, 1.165) is 5.39 Å². The fourth-order valence-corrected chi connectivity index (χ4v) is 3.20. The highest BCUT2D eigenvalue weighted by Gasteiger charge is 2.20. The summed E-state index contributed by atoms with van der Waals surface area (Å²) >= 11 is 0. The van der Waals surface area contributed by atoms with Gasteiger partial charge >= 0.3 is 6.09 Å².